The van der Waals surface area contributed by atoms with Gasteiger partial charge in [0.25, 0.3) is 0 Å². The highest BCUT2D eigenvalue weighted by atomic mass is 32.2. The number of nitrogens with zero attached hydrogens (tertiary/aromatic N) is 3. The van der Waals surface area contributed by atoms with Crippen molar-refractivity contribution >= 4 is 28.5 Å². The smallest absolute Gasteiger partial charge is 0.446 e. The zero-order valence-corrected chi connectivity index (χ0v) is 18.0. The van der Waals surface area contributed by atoms with Crippen LogP contribution in [-0.2, 0) is 6.54 Å². The molecule has 0 spiro atoms. The first-order chi connectivity index (χ1) is 15.2. The van der Waals surface area contributed by atoms with Gasteiger partial charge in [-0.05, 0) is 60.6 Å². The third-order valence-corrected chi connectivity index (χ3v) is 5.82. The molecule has 0 radical (unpaired) electrons. The Morgan fingerprint density at radius 3 is 2.47 bits per heavy atom. The summed E-state index contributed by atoms with van der Waals surface area (Å²) >= 11 is -0.239. The lowest BCUT2D eigenvalue weighted by Crippen LogP contribution is -2.24. The van der Waals surface area contributed by atoms with Crippen molar-refractivity contribution in [3.63, 3.8) is 0 Å². The van der Waals surface area contributed by atoms with Gasteiger partial charge < -0.3 is 10.4 Å². The van der Waals surface area contributed by atoms with Crippen molar-refractivity contribution in [1.82, 2.24) is 14.1 Å². The number of imidazole rings is 1. The van der Waals surface area contributed by atoms with Crippen molar-refractivity contribution in [3.05, 3.63) is 76.3 Å². The summed E-state index contributed by atoms with van der Waals surface area (Å²) in [6.07, 6.45) is 0. The molecule has 4 aromatic rings. The average molecular weight is 460 g/mol. The van der Waals surface area contributed by atoms with Gasteiger partial charge in [0, 0.05) is 17.3 Å². The van der Waals surface area contributed by atoms with Crippen molar-refractivity contribution in [1.29, 1.82) is 0 Å². The normalized spacial score (nSPS) is 11.8. The number of hydrogen-bond donors (Lipinski definition) is 2. The maximum atomic E-state index is 13.2. The van der Waals surface area contributed by atoms with Crippen LogP contribution in [0.15, 0.2) is 64.3 Å². The van der Waals surface area contributed by atoms with Gasteiger partial charge in [0.15, 0.2) is 0 Å². The fourth-order valence-electron chi connectivity index (χ4n) is 3.53. The quantitative estimate of drug-likeness (QED) is 0.415. The maximum absolute atomic E-state index is 13.2. The standard InChI is InChI=1S/C22H19F3N4O2S/c1-13-20(30)29(15-7-9-16(10-8-15)32-22(23,24)25)21(31)28(13)12-14-11-19(26-2)27-18-6-4-3-5-17(14)18/h3-11,30H,12H2,1-2H3,(H,26,27). The van der Waals surface area contributed by atoms with E-state index in [1.165, 1.54) is 28.8 Å². The Balaban J connectivity index is 1.75. The van der Waals surface area contributed by atoms with Crippen LogP contribution >= 0.6 is 11.8 Å². The topological polar surface area (TPSA) is 72.1 Å². The van der Waals surface area contributed by atoms with Crippen LogP contribution in [0.3, 0.4) is 0 Å². The summed E-state index contributed by atoms with van der Waals surface area (Å²) in [6, 6.07) is 14.7. The van der Waals surface area contributed by atoms with Gasteiger partial charge in [0.2, 0.25) is 5.88 Å². The Hall–Kier alpha value is -3.40. The van der Waals surface area contributed by atoms with Crippen molar-refractivity contribution in [2.45, 2.75) is 23.9 Å². The number of hydrogen-bond acceptors (Lipinski definition) is 5. The van der Waals surface area contributed by atoms with E-state index < -0.39 is 11.2 Å². The van der Waals surface area contributed by atoms with Crippen LogP contribution in [0.25, 0.3) is 16.6 Å². The molecule has 2 aromatic heterocycles. The summed E-state index contributed by atoms with van der Waals surface area (Å²) in [7, 11) is 1.75. The summed E-state index contributed by atoms with van der Waals surface area (Å²) in [5.41, 5.74) is -2.68. The highest BCUT2D eigenvalue weighted by molar-refractivity contribution is 8.00. The number of aromatic hydroxyl groups is 1. The van der Waals surface area contributed by atoms with Crippen molar-refractivity contribution in [2.24, 2.45) is 0 Å². The van der Waals surface area contributed by atoms with Crippen LogP contribution in [0.2, 0.25) is 0 Å². The van der Waals surface area contributed by atoms with Gasteiger partial charge in [-0.3, -0.25) is 4.57 Å². The predicted octanol–water partition coefficient (Wildman–Crippen LogP) is 4.90. The molecule has 32 heavy (non-hydrogen) atoms. The van der Waals surface area contributed by atoms with Crippen LogP contribution < -0.4 is 11.0 Å². The Kier molecular flexibility index (Phi) is 5.64. The van der Waals surface area contributed by atoms with E-state index in [-0.39, 0.29) is 34.8 Å². The second-order valence-electron chi connectivity index (χ2n) is 7.09. The number of fused-ring (bicyclic) bond motifs is 1. The number of rotatable bonds is 5. The predicted molar refractivity (Wildman–Crippen MR) is 119 cm³/mol. The second kappa shape index (κ2) is 8.27. The molecule has 0 saturated heterocycles. The first-order valence-electron chi connectivity index (χ1n) is 9.61. The summed E-state index contributed by atoms with van der Waals surface area (Å²) < 4.78 is 40.2. The molecule has 166 valence electrons. The molecular formula is C22H19F3N4O2S. The summed E-state index contributed by atoms with van der Waals surface area (Å²) in [5, 5.41) is 14.5. The SMILES string of the molecule is CNc1cc(Cn2c(C)c(O)n(-c3ccc(SC(F)(F)F)cc3)c2=O)c2ccccc2n1. The minimum absolute atomic E-state index is 0.00667. The Morgan fingerprint density at radius 2 is 1.81 bits per heavy atom. The molecule has 6 nitrogen and oxygen atoms in total. The van der Waals surface area contributed by atoms with Crippen LogP contribution in [0.5, 0.6) is 5.88 Å². The lowest BCUT2D eigenvalue weighted by molar-refractivity contribution is -0.0328. The fourth-order valence-corrected chi connectivity index (χ4v) is 4.07. The highest BCUT2D eigenvalue weighted by Gasteiger charge is 2.29. The first kappa shape index (κ1) is 21.8. The van der Waals surface area contributed by atoms with E-state index in [4.69, 9.17) is 0 Å². The molecule has 0 aliphatic heterocycles. The van der Waals surface area contributed by atoms with Crippen LogP contribution in [-0.4, -0.2) is 31.8 Å². The number of para-hydroxylation sites is 1. The third-order valence-electron chi connectivity index (χ3n) is 5.08. The monoisotopic (exact) mass is 460 g/mol. The van der Waals surface area contributed by atoms with Crippen molar-refractivity contribution in [3.8, 4) is 11.6 Å². The Morgan fingerprint density at radius 1 is 1.12 bits per heavy atom. The highest BCUT2D eigenvalue weighted by Crippen LogP contribution is 2.37. The molecule has 2 heterocycles. The largest absolute Gasteiger partial charge is 0.493 e. The molecule has 0 fully saturated rings. The molecule has 2 N–H and O–H groups in total. The molecule has 2 aromatic carbocycles. The van der Waals surface area contributed by atoms with E-state index in [9.17, 15) is 23.1 Å². The van der Waals surface area contributed by atoms with Crippen LogP contribution in [0.4, 0.5) is 19.0 Å². The third kappa shape index (κ3) is 4.18. The molecule has 0 amide bonds. The van der Waals surface area contributed by atoms with E-state index in [0.717, 1.165) is 21.0 Å². The van der Waals surface area contributed by atoms with E-state index in [2.05, 4.69) is 10.3 Å². The maximum Gasteiger partial charge on any atom is 0.446 e. The first-order valence-corrected chi connectivity index (χ1v) is 10.4. The Bertz CT molecular complexity index is 1340. The van der Waals surface area contributed by atoms with E-state index in [0.29, 0.717) is 11.5 Å². The molecule has 0 atom stereocenters. The van der Waals surface area contributed by atoms with Crippen molar-refractivity contribution < 1.29 is 18.3 Å². The van der Waals surface area contributed by atoms with Gasteiger partial charge in [0.05, 0.1) is 23.4 Å². The molecule has 4 rings (SSSR count). The zero-order valence-electron chi connectivity index (χ0n) is 17.1. The van der Waals surface area contributed by atoms with Crippen molar-refractivity contribution in [2.75, 3.05) is 12.4 Å². The Labute approximate surface area is 185 Å². The van der Waals surface area contributed by atoms with Gasteiger partial charge in [-0.15, -0.1) is 0 Å². The number of thioether (sulfide) groups is 1. The number of anilines is 1. The second-order valence-corrected chi connectivity index (χ2v) is 8.23. The van der Waals surface area contributed by atoms with Gasteiger partial charge in [-0.25, -0.2) is 14.3 Å². The van der Waals surface area contributed by atoms with Crippen LogP contribution in [0.1, 0.15) is 11.3 Å². The molecule has 0 saturated carbocycles. The molecule has 0 bridgehead atoms. The minimum atomic E-state index is -4.40. The van der Waals surface area contributed by atoms with Gasteiger partial charge >= 0.3 is 11.2 Å². The molecular weight excluding hydrogens is 441 g/mol. The molecule has 10 heteroatoms. The van der Waals surface area contributed by atoms with Gasteiger partial charge in [-0.1, -0.05) is 18.2 Å². The number of aromatic nitrogens is 3. The fraction of sp³-hybridized carbons (Fsp3) is 0.182. The minimum Gasteiger partial charge on any atom is -0.493 e. The number of alkyl halides is 3. The molecule has 0 aliphatic rings. The molecule has 0 aliphatic carbocycles. The average Bonchev–Trinajstić information content (AvgIpc) is 2.96. The van der Waals surface area contributed by atoms with Gasteiger partial charge in [-0.2, -0.15) is 13.2 Å². The number of pyridine rings is 1. The summed E-state index contributed by atoms with van der Waals surface area (Å²) in [4.78, 5) is 17.7. The van der Waals surface area contributed by atoms with Crippen LogP contribution in [0, 0.1) is 6.92 Å². The lowest BCUT2D eigenvalue weighted by Gasteiger charge is -2.10. The van der Waals surface area contributed by atoms with E-state index in [1.54, 1.807) is 14.0 Å². The number of benzene rings is 2. The summed E-state index contributed by atoms with van der Waals surface area (Å²) in [6.45, 7) is 1.80. The lowest BCUT2D eigenvalue weighted by atomic mass is 10.1. The van der Waals surface area contributed by atoms with E-state index >= 15 is 0 Å². The zero-order chi connectivity index (χ0) is 23.0. The molecule has 0 unspecified atom stereocenters. The summed E-state index contributed by atoms with van der Waals surface area (Å²) in [5.74, 6) is 0.379. The van der Waals surface area contributed by atoms with Gasteiger partial charge in [0.1, 0.15) is 5.82 Å². The number of nitrogens with one attached hydrogen (secondary N) is 1. The van der Waals surface area contributed by atoms with E-state index in [1.807, 2.05) is 30.3 Å². The number of halogens is 3.